The molecule has 0 spiro atoms. The molecule has 0 unspecified atom stereocenters. The van der Waals surface area contributed by atoms with E-state index in [-0.39, 0.29) is 12.8 Å². The number of aliphatic hydroxyl groups excluding tert-OH is 2. The molecule has 0 aromatic carbocycles. The quantitative estimate of drug-likeness (QED) is 0.519. The normalized spacial score (nSPS) is 44.0. The van der Waals surface area contributed by atoms with Crippen LogP contribution in [0.2, 0.25) is 0 Å². The number of hydrogen-bond donors (Lipinski definition) is 4. The smallest absolute Gasteiger partial charge is 0.310 e. The van der Waals surface area contributed by atoms with Crippen LogP contribution in [0.25, 0.3) is 0 Å². The van der Waals surface area contributed by atoms with E-state index < -0.39 is 35.0 Å². The number of carboxylic acids is 2. The minimum Gasteiger partial charge on any atom is -0.481 e. The van der Waals surface area contributed by atoms with E-state index in [4.69, 9.17) is 10.2 Å². The van der Waals surface area contributed by atoms with Crippen molar-refractivity contribution in [3.8, 4) is 0 Å². The SMILES string of the molecule is C[C@@]1(C(=O)O)C[C@@H](O)[C@@H](O)C[C@]1(C)C(=O)O. The summed E-state index contributed by atoms with van der Waals surface area (Å²) in [5.74, 6) is -2.55. The summed E-state index contributed by atoms with van der Waals surface area (Å²) in [6.07, 6.45) is -2.94. The molecular weight excluding hydrogens is 216 g/mol. The first-order valence-corrected chi connectivity index (χ1v) is 4.98. The third kappa shape index (κ3) is 1.58. The van der Waals surface area contributed by atoms with Crippen LogP contribution in [-0.2, 0) is 9.59 Å². The molecular formula is C10H16O6. The molecule has 6 nitrogen and oxygen atoms in total. The molecule has 0 amide bonds. The summed E-state index contributed by atoms with van der Waals surface area (Å²) in [5.41, 5.74) is -3.17. The summed E-state index contributed by atoms with van der Waals surface area (Å²) in [7, 11) is 0. The molecule has 1 fully saturated rings. The Bertz CT molecular complexity index is 295. The van der Waals surface area contributed by atoms with Crippen molar-refractivity contribution in [2.75, 3.05) is 0 Å². The number of carbonyl (C=O) groups is 2. The van der Waals surface area contributed by atoms with E-state index in [1.54, 1.807) is 0 Å². The van der Waals surface area contributed by atoms with Crippen LogP contribution in [0.3, 0.4) is 0 Å². The average Bonchev–Trinajstić information content (AvgIpc) is 2.14. The minimum atomic E-state index is -1.59. The zero-order valence-electron chi connectivity index (χ0n) is 9.17. The van der Waals surface area contributed by atoms with Crippen LogP contribution in [-0.4, -0.2) is 44.6 Å². The van der Waals surface area contributed by atoms with E-state index in [1.807, 2.05) is 0 Å². The third-order valence-electron chi connectivity index (χ3n) is 3.84. The van der Waals surface area contributed by atoms with Crippen molar-refractivity contribution in [2.45, 2.75) is 38.9 Å². The van der Waals surface area contributed by atoms with Gasteiger partial charge in [0.25, 0.3) is 0 Å². The highest BCUT2D eigenvalue weighted by atomic mass is 16.4. The third-order valence-corrected chi connectivity index (χ3v) is 3.84. The van der Waals surface area contributed by atoms with Gasteiger partial charge >= 0.3 is 11.9 Å². The van der Waals surface area contributed by atoms with Gasteiger partial charge in [-0.1, -0.05) is 0 Å². The predicted octanol–water partition coefficient (Wildman–Crippen LogP) is -0.316. The van der Waals surface area contributed by atoms with Crippen molar-refractivity contribution in [1.29, 1.82) is 0 Å². The molecule has 1 aliphatic rings. The van der Waals surface area contributed by atoms with E-state index in [2.05, 4.69) is 0 Å². The summed E-state index contributed by atoms with van der Waals surface area (Å²) in [4.78, 5) is 22.4. The molecule has 1 saturated carbocycles. The number of rotatable bonds is 2. The molecule has 0 aromatic heterocycles. The van der Waals surface area contributed by atoms with Gasteiger partial charge < -0.3 is 20.4 Å². The highest BCUT2D eigenvalue weighted by Crippen LogP contribution is 2.50. The number of aliphatic carboxylic acids is 2. The van der Waals surface area contributed by atoms with Crippen LogP contribution < -0.4 is 0 Å². The summed E-state index contributed by atoms with van der Waals surface area (Å²) in [6, 6.07) is 0. The van der Waals surface area contributed by atoms with Crippen LogP contribution >= 0.6 is 0 Å². The van der Waals surface area contributed by atoms with E-state index >= 15 is 0 Å². The van der Waals surface area contributed by atoms with Crippen molar-refractivity contribution < 1.29 is 30.0 Å². The van der Waals surface area contributed by atoms with Gasteiger partial charge in [0, 0.05) is 0 Å². The molecule has 4 N–H and O–H groups in total. The average molecular weight is 232 g/mol. The fourth-order valence-corrected chi connectivity index (χ4v) is 2.21. The van der Waals surface area contributed by atoms with Crippen LogP contribution in [0.15, 0.2) is 0 Å². The lowest BCUT2D eigenvalue weighted by Crippen LogP contribution is -2.58. The van der Waals surface area contributed by atoms with Gasteiger partial charge in [0.1, 0.15) is 0 Å². The van der Waals surface area contributed by atoms with Gasteiger partial charge in [-0.05, 0) is 26.7 Å². The van der Waals surface area contributed by atoms with E-state index in [0.717, 1.165) is 0 Å². The van der Waals surface area contributed by atoms with Crippen molar-refractivity contribution in [1.82, 2.24) is 0 Å². The maximum atomic E-state index is 11.2. The Morgan fingerprint density at radius 1 is 0.938 bits per heavy atom. The van der Waals surface area contributed by atoms with Gasteiger partial charge in [-0.15, -0.1) is 0 Å². The number of aliphatic hydroxyl groups is 2. The Balaban J connectivity index is 3.22. The van der Waals surface area contributed by atoms with E-state index in [9.17, 15) is 19.8 Å². The lowest BCUT2D eigenvalue weighted by Gasteiger charge is -2.47. The molecule has 0 aromatic rings. The van der Waals surface area contributed by atoms with Crippen molar-refractivity contribution in [3.63, 3.8) is 0 Å². The zero-order valence-corrected chi connectivity index (χ0v) is 9.17. The van der Waals surface area contributed by atoms with Crippen molar-refractivity contribution in [2.24, 2.45) is 10.8 Å². The van der Waals surface area contributed by atoms with Gasteiger partial charge in [0.2, 0.25) is 0 Å². The second kappa shape index (κ2) is 3.71. The molecule has 4 atom stereocenters. The van der Waals surface area contributed by atoms with Gasteiger partial charge in [-0.25, -0.2) is 0 Å². The maximum absolute atomic E-state index is 11.2. The first-order chi connectivity index (χ1) is 7.15. The van der Waals surface area contributed by atoms with Gasteiger partial charge in [0.05, 0.1) is 23.0 Å². The Morgan fingerprint density at radius 2 is 1.19 bits per heavy atom. The summed E-state index contributed by atoms with van der Waals surface area (Å²) >= 11 is 0. The first-order valence-electron chi connectivity index (χ1n) is 4.98. The molecule has 16 heavy (non-hydrogen) atoms. The lowest BCUT2D eigenvalue weighted by molar-refractivity contribution is -0.190. The summed E-state index contributed by atoms with van der Waals surface area (Å²) in [6.45, 7) is 2.58. The Morgan fingerprint density at radius 3 is 1.38 bits per heavy atom. The number of hydrogen-bond acceptors (Lipinski definition) is 4. The van der Waals surface area contributed by atoms with Crippen LogP contribution in [0.4, 0.5) is 0 Å². The molecule has 6 heteroatoms. The molecule has 1 aliphatic carbocycles. The Labute approximate surface area is 92.5 Å². The van der Waals surface area contributed by atoms with Crippen molar-refractivity contribution in [3.05, 3.63) is 0 Å². The Hall–Kier alpha value is -1.14. The zero-order chi connectivity index (χ0) is 12.7. The van der Waals surface area contributed by atoms with E-state index in [0.29, 0.717) is 0 Å². The second-order valence-electron chi connectivity index (χ2n) is 4.82. The molecule has 0 radical (unpaired) electrons. The van der Waals surface area contributed by atoms with Gasteiger partial charge in [-0.2, -0.15) is 0 Å². The van der Waals surface area contributed by atoms with Crippen LogP contribution in [0, 0.1) is 10.8 Å². The molecule has 92 valence electrons. The summed E-state index contributed by atoms with van der Waals surface area (Å²) in [5, 5.41) is 37.2. The first kappa shape index (κ1) is 12.9. The predicted molar refractivity (Wildman–Crippen MR) is 52.7 cm³/mol. The lowest BCUT2D eigenvalue weighted by atomic mass is 9.56. The topological polar surface area (TPSA) is 115 Å². The molecule has 0 saturated heterocycles. The Kier molecular flexibility index (Phi) is 3.00. The van der Waals surface area contributed by atoms with Crippen LogP contribution in [0.1, 0.15) is 26.7 Å². The van der Waals surface area contributed by atoms with Crippen LogP contribution in [0.5, 0.6) is 0 Å². The monoisotopic (exact) mass is 232 g/mol. The molecule has 0 bridgehead atoms. The molecule has 1 rings (SSSR count). The summed E-state index contributed by atoms with van der Waals surface area (Å²) < 4.78 is 0. The van der Waals surface area contributed by atoms with Gasteiger partial charge in [0.15, 0.2) is 0 Å². The van der Waals surface area contributed by atoms with Gasteiger partial charge in [-0.3, -0.25) is 9.59 Å². The van der Waals surface area contributed by atoms with Crippen molar-refractivity contribution >= 4 is 11.9 Å². The highest BCUT2D eigenvalue weighted by molar-refractivity contribution is 5.86. The second-order valence-corrected chi connectivity index (χ2v) is 4.82. The maximum Gasteiger partial charge on any atom is 0.310 e. The standard InChI is InChI=1S/C10H16O6/c1-9(7(13)14)3-5(11)6(12)4-10(9,2)8(15)16/h5-6,11-12H,3-4H2,1-2H3,(H,13,14)(H,15,16)/t5-,6+,9+,10-. The fraction of sp³-hybridized carbons (Fsp3) is 0.800. The highest BCUT2D eigenvalue weighted by Gasteiger charge is 2.60. The fourth-order valence-electron chi connectivity index (χ4n) is 2.21. The molecule has 0 aliphatic heterocycles. The number of carboxylic acid groups (broad SMARTS) is 2. The van der Waals surface area contributed by atoms with E-state index in [1.165, 1.54) is 13.8 Å². The molecule has 0 heterocycles. The largest absolute Gasteiger partial charge is 0.481 e. The minimum absolute atomic E-state index is 0.272.